The highest BCUT2D eigenvalue weighted by molar-refractivity contribution is 5.38. The Morgan fingerprint density at radius 2 is 1.88 bits per heavy atom. The minimum atomic E-state index is -0.622. The zero-order chi connectivity index (χ0) is 25.0. The number of aliphatic hydroxyl groups is 3. The van der Waals surface area contributed by atoms with Crippen molar-refractivity contribution in [3.05, 3.63) is 35.5 Å². The fourth-order valence-corrected chi connectivity index (χ4v) is 7.58. The molecule has 0 aromatic heterocycles. The lowest BCUT2D eigenvalue weighted by molar-refractivity contribution is 0.0353. The first kappa shape index (κ1) is 27.7. The summed E-state index contributed by atoms with van der Waals surface area (Å²) in [6.45, 7) is 15.7. The van der Waals surface area contributed by atoms with Gasteiger partial charge in [0.1, 0.15) is 0 Å². The maximum Gasteiger partial charge on any atom is 0.0811 e. The van der Waals surface area contributed by atoms with Crippen molar-refractivity contribution >= 4 is 0 Å². The Morgan fingerprint density at radius 1 is 1.15 bits per heavy atom. The largest absolute Gasteiger partial charge is 0.393 e. The van der Waals surface area contributed by atoms with E-state index in [1.54, 1.807) is 5.57 Å². The lowest BCUT2D eigenvalue weighted by Gasteiger charge is -2.46. The number of allylic oxidation sites excluding steroid dienone is 3. The first-order valence-corrected chi connectivity index (χ1v) is 14.2. The van der Waals surface area contributed by atoms with Gasteiger partial charge in [-0.25, -0.2) is 0 Å². The van der Waals surface area contributed by atoms with E-state index in [1.165, 1.54) is 44.9 Å². The summed E-state index contributed by atoms with van der Waals surface area (Å²) in [7, 11) is 0. The van der Waals surface area contributed by atoms with E-state index in [-0.39, 0.29) is 6.10 Å². The van der Waals surface area contributed by atoms with Crippen molar-refractivity contribution in [2.24, 2.45) is 35.0 Å². The average Bonchev–Trinajstić information content (AvgIpc) is 3.14. The maximum absolute atomic E-state index is 10.7. The maximum atomic E-state index is 10.7. The summed E-state index contributed by atoms with van der Waals surface area (Å²) >= 11 is 0. The molecule has 3 fully saturated rings. The third kappa shape index (κ3) is 6.08. The molecule has 0 aliphatic heterocycles. The van der Waals surface area contributed by atoms with Gasteiger partial charge >= 0.3 is 0 Å². The lowest BCUT2D eigenvalue weighted by Crippen LogP contribution is -2.38. The van der Waals surface area contributed by atoms with Crippen LogP contribution in [-0.4, -0.2) is 33.6 Å². The van der Waals surface area contributed by atoms with Crippen molar-refractivity contribution in [2.75, 3.05) is 0 Å². The third-order valence-electron chi connectivity index (χ3n) is 9.92. The first-order chi connectivity index (χ1) is 16.1. The Balaban J connectivity index is 1.79. The van der Waals surface area contributed by atoms with E-state index in [4.69, 9.17) is 0 Å². The van der Waals surface area contributed by atoms with Crippen molar-refractivity contribution in [1.29, 1.82) is 0 Å². The predicted molar refractivity (Wildman–Crippen MR) is 142 cm³/mol. The monoisotopic (exact) mass is 472 g/mol. The van der Waals surface area contributed by atoms with Crippen LogP contribution in [0.4, 0.5) is 0 Å². The number of aliphatic hydroxyl groups excluding tert-OH is 3. The van der Waals surface area contributed by atoms with Gasteiger partial charge in [0.2, 0.25) is 0 Å². The van der Waals surface area contributed by atoms with Crippen LogP contribution in [0.3, 0.4) is 0 Å². The zero-order valence-electron chi connectivity index (χ0n) is 22.6. The molecule has 0 saturated heterocycles. The second kappa shape index (κ2) is 11.9. The summed E-state index contributed by atoms with van der Waals surface area (Å²) in [4.78, 5) is 0. The van der Waals surface area contributed by atoms with Gasteiger partial charge in [-0.1, -0.05) is 78.2 Å². The molecule has 3 heteroatoms. The van der Waals surface area contributed by atoms with Crippen LogP contribution in [0.5, 0.6) is 0 Å². The second-order valence-electron chi connectivity index (χ2n) is 12.5. The summed E-state index contributed by atoms with van der Waals surface area (Å²) in [6, 6.07) is 0. The molecule has 0 spiro atoms. The zero-order valence-corrected chi connectivity index (χ0v) is 22.6. The predicted octanol–water partition coefficient (Wildman–Crippen LogP) is 6.98. The topological polar surface area (TPSA) is 60.7 Å². The van der Waals surface area contributed by atoms with E-state index in [0.29, 0.717) is 47.8 Å². The van der Waals surface area contributed by atoms with Crippen molar-refractivity contribution in [1.82, 2.24) is 0 Å². The van der Waals surface area contributed by atoms with Crippen molar-refractivity contribution in [3.8, 4) is 0 Å². The first-order valence-electron chi connectivity index (χ1n) is 14.2. The SMILES string of the molecule is C=C1/C(=C\C=C2/CCC[C@]3(C)[C@@H]([C@H](C)[C@@H](CCCC)C[C@@H](O)C(C)C)CC[C@@H]23)C[C@@H](O)C[C@@H]1O. The van der Waals surface area contributed by atoms with E-state index in [1.807, 2.05) is 0 Å². The van der Waals surface area contributed by atoms with Gasteiger partial charge in [-0.05, 0) is 91.1 Å². The van der Waals surface area contributed by atoms with Gasteiger partial charge in [-0.2, -0.15) is 0 Å². The summed E-state index contributed by atoms with van der Waals surface area (Å²) < 4.78 is 0. The molecular weight excluding hydrogens is 420 g/mol. The summed E-state index contributed by atoms with van der Waals surface area (Å²) in [5, 5.41) is 31.1. The quantitative estimate of drug-likeness (QED) is 0.339. The number of unbranched alkanes of at least 4 members (excludes halogenated alkanes) is 1. The summed E-state index contributed by atoms with van der Waals surface area (Å²) in [6.07, 6.45) is 15.1. The standard InChI is InChI=1S/C31H52O3/c1-7-8-10-24(18-29(33)20(2)3)21(4)27-14-15-28-23(11-9-16-31(27,28)6)12-13-25-17-26(32)19-30(34)22(25)5/h12-13,20-21,24,26-30,32-34H,5,7-11,14-19H2,1-4,6H3/b23-12+,25-13-/t21-,24+,26-,27-,28+,29-,30+,31-/m1/s1. The Bertz CT molecular complexity index is 750. The van der Waals surface area contributed by atoms with Crippen molar-refractivity contribution in [3.63, 3.8) is 0 Å². The molecule has 0 aromatic rings. The van der Waals surface area contributed by atoms with Gasteiger partial charge in [0.25, 0.3) is 0 Å². The fourth-order valence-electron chi connectivity index (χ4n) is 7.58. The molecular formula is C31H52O3. The number of hydrogen-bond acceptors (Lipinski definition) is 3. The Hall–Kier alpha value is -0.900. The van der Waals surface area contributed by atoms with Gasteiger partial charge in [0.15, 0.2) is 0 Å². The van der Waals surface area contributed by atoms with Crippen molar-refractivity contribution in [2.45, 2.75) is 124 Å². The minimum Gasteiger partial charge on any atom is -0.393 e. The van der Waals surface area contributed by atoms with Gasteiger partial charge in [-0.3, -0.25) is 0 Å². The molecule has 3 N–H and O–H groups in total. The molecule has 0 unspecified atom stereocenters. The van der Waals surface area contributed by atoms with Crippen LogP contribution < -0.4 is 0 Å². The Labute approximate surface area is 209 Å². The molecule has 3 nitrogen and oxygen atoms in total. The molecule has 0 aromatic carbocycles. The average molecular weight is 473 g/mol. The molecule has 8 atom stereocenters. The number of hydrogen-bond donors (Lipinski definition) is 3. The van der Waals surface area contributed by atoms with E-state index in [2.05, 4.69) is 53.3 Å². The lowest BCUT2D eigenvalue weighted by atomic mass is 9.59. The molecule has 34 heavy (non-hydrogen) atoms. The fraction of sp³-hybridized carbons (Fsp3) is 0.806. The van der Waals surface area contributed by atoms with Crippen LogP contribution in [0.2, 0.25) is 0 Å². The number of fused-ring (bicyclic) bond motifs is 1. The van der Waals surface area contributed by atoms with E-state index in [9.17, 15) is 15.3 Å². The molecule has 3 rings (SSSR count). The van der Waals surface area contributed by atoms with Crippen LogP contribution in [0.25, 0.3) is 0 Å². The Kier molecular flexibility index (Phi) is 9.68. The molecule has 3 aliphatic rings. The summed E-state index contributed by atoms with van der Waals surface area (Å²) in [5.74, 6) is 2.90. The molecule has 0 heterocycles. The van der Waals surface area contributed by atoms with E-state index >= 15 is 0 Å². The highest BCUT2D eigenvalue weighted by atomic mass is 16.3. The van der Waals surface area contributed by atoms with Gasteiger partial charge < -0.3 is 15.3 Å². The second-order valence-corrected chi connectivity index (χ2v) is 12.5. The normalized spacial score (nSPS) is 37.3. The molecule has 3 aliphatic carbocycles. The molecule has 3 saturated carbocycles. The minimum absolute atomic E-state index is 0.197. The molecule has 194 valence electrons. The summed E-state index contributed by atoms with van der Waals surface area (Å²) in [5.41, 5.74) is 3.68. The van der Waals surface area contributed by atoms with Gasteiger partial charge in [0.05, 0.1) is 18.3 Å². The van der Waals surface area contributed by atoms with E-state index in [0.717, 1.165) is 24.0 Å². The molecule has 0 bridgehead atoms. The van der Waals surface area contributed by atoms with Crippen LogP contribution in [0, 0.1) is 35.0 Å². The van der Waals surface area contributed by atoms with Crippen LogP contribution in [-0.2, 0) is 0 Å². The highest BCUT2D eigenvalue weighted by Crippen LogP contribution is 2.60. The van der Waals surface area contributed by atoms with E-state index < -0.39 is 12.2 Å². The van der Waals surface area contributed by atoms with Gasteiger partial charge in [0, 0.05) is 6.42 Å². The Morgan fingerprint density at radius 3 is 2.56 bits per heavy atom. The van der Waals surface area contributed by atoms with Gasteiger partial charge in [-0.15, -0.1) is 0 Å². The van der Waals surface area contributed by atoms with Crippen LogP contribution in [0.15, 0.2) is 35.5 Å². The van der Waals surface area contributed by atoms with Crippen molar-refractivity contribution < 1.29 is 15.3 Å². The third-order valence-corrected chi connectivity index (χ3v) is 9.92. The van der Waals surface area contributed by atoms with Crippen LogP contribution >= 0.6 is 0 Å². The number of rotatable bonds is 9. The molecule has 0 amide bonds. The molecule has 0 radical (unpaired) electrons. The van der Waals surface area contributed by atoms with Crippen LogP contribution in [0.1, 0.15) is 105 Å². The smallest absolute Gasteiger partial charge is 0.0811 e. The highest BCUT2D eigenvalue weighted by Gasteiger charge is 2.51.